The largest absolute Gasteiger partial charge is 0.444 e. The molecule has 1 N–H and O–H groups in total. The van der Waals surface area contributed by atoms with Gasteiger partial charge in [-0.2, -0.15) is 0 Å². The van der Waals surface area contributed by atoms with Gasteiger partial charge in [0.05, 0.1) is 10.2 Å². The Labute approximate surface area is 124 Å². The van der Waals surface area contributed by atoms with Gasteiger partial charge in [0.15, 0.2) is 5.13 Å². The van der Waals surface area contributed by atoms with E-state index in [1.807, 2.05) is 0 Å². The molecule has 0 unspecified atom stereocenters. The second-order valence-corrected chi connectivity index (χ2v) is 6.48. The smallest absolute Gasteiger partial charge is 0.413 e. The summed E-state index contributed by atoms with van der Waals surface area (Å²) in [7, 11) is 0. The number of carbonyl (C=O) groups excluding carboxylic acids is 2. The fourth-order valence-corrected chi connectivity index (χ4v) is 2.50. The number of ether oxygens (including phenoxy) is 1. The molecule has 5 nitrogen and oxygen atoms in total. The van der Waals surface area contributed by atoms with E-state index >= 15 is 0 Å². The number of hydrogen-bond donors (Lipinski definition) is 1. The Hall–Kier alpha value is -1.66. The number of fused-ring (bicyclic) bond motifs is 1. The van der Waals surface area contributed by atoms with Crippen LogP contribution in [-0.2, 0) is 4.74 Å². The second-order valence-electron chi connectivity index (χ2n) is 5.10. The summed E-state index contributed by atoms with van der Waals surface area (Å²) >= 11 is 6.67. The van der Waals surface area contributed by atoms with Crippen molar-refractivity contribution in [2.24, 2.45) is 0 Å². The number of benzene rings is 1. The van der Waals surface area contributed by atoms with E-state index in [1.165, 1.54) is 11.3 Å². The highest BCUT2D eigenvalue weighted by Crippen LogP contribution is 2.27. The first kappa shape index (κ1) is 14.7. The topological polar surface area (TPSA) is 68.3 Å². The van der Waals surface area contributed by atoms with Crippen molar-refractivity contribution in [3.05, 3.63) is 23.8 Å². The third-order valence-electron chi connectivity index (χ3n) is 2.22. The van der Waals surface area contributed by atoms with Gasteiger partial charge in [-0.15, -0.1) is 0 Å². The Bertz CT molecular complexity index is 676. The molecule has 0 aliphatic rings. The van der Waals surface area contributed by atoms with Crippen LogP contribution < -0.4 is 5.32 Å². The number of anilines is 1. The standard InChI is InChI=1S/C13H13ClN2O3S/c1-13(2,3)19-12(18)16-11-15-8-5-4-7(10(14)17)6-9(8)20-11/h4-6H,1-3H3,(H,15,16,18). The fourth-order valence-electron chi connectivity index (χ4n) is 1.49. The third kappa shape index (κ3) is 3.68. The van der Waals surface area contributed by atoms with E-state index < -0.39 is 16.9 Å². The van der Waals surface area contributed by atoms with Crippen LogP contribution in [0.3, 0.4) is 0 Å². The van der Waals surface area contributed by atoms with Gasteiger partial charge in [-0.1, -0.05) is 11.3 Å². The van der Waals surface area contributed by atoms with Gasteiger partial charge in [0.2, 0.25) is 0 Å². The number of nitrogens with zero attached hydrogens (tertiary/aromatic N) is 1. The van der Waals surface area contributed by atoms with E-state index in [9.17, 15) is 9.59 Å². The van der Waals surface area contributed by atoms with Gasteiger partial charge in [0.25, 0.3) is 5.24 Å². The molecule has 0 radical (unpaired) electrons. The van der Waals surface area contributed by atoms with Crippen molar-refractivity contribution in [3.8, 4) is 0 Å². The minimum Gasteiger partial charge on any atom is -0.444 e. The molecule has 0 atom stereocenters. The van der Waals surface area contributed by atoms with Crippen molar-refractivity contribution in [2.45, 2.75) is 26.4 Å². The zero-order valence-electron chi connectivity index (χ0n) is 11.2. The van der Waals surface area contributed by atoms with E-state index in [0.29, 0.717) is 16.2 Å². The number of aromatic nitrogens is 1. The van der Waals surface area contributed by atoms with Crippen LogP contribution in [0.1, 0.15) is 31.1 Å². The van der Waals surface area contributed by atoms with Crippen molar-refractivity contribution in [1.82, 2.24) is 4.98 Å². The van der Waals surface area contributed by atoms with Crippen LogP contribution in [0, 0.1) is 0 Å². The molecule has 0 bridgehead atoms. The molecule has 0 saturated heterocycles. The number of hydrogen-bond acceptors (Lipinski definition) is 5. The lowest BCUT2D eigenvalue weighted by Gasteiger charge is -2.18. The van der Waals surface area contributed by atoms with Crippen molar-refractivity contribution in [3.63, 3.8) is 0 Å². The van der Waals surface area contributed by atoms with Crippen LogP contribution in [-0.4, -0.2) is 21.9 Å². The number of thiazole rings is 1. The summed E-state index contributed by atoms with van der Waals surface area (Å²) in [5.41, 5.74) is 0.508. The number of amides is 1. The molecule has 1 heterocycles. The van der Waals surface area contributed by atoms with Gasteiger partial charge in [0.1, 0.15) is 5.60 Å². The SMILES string of the molecule is CC(C)(C)OC(=O)Nc1nc2ccc(C(=O)Cl)cc2s1. The Balaban J connectivity index is 2.20. The fraction of sp³-hybridized carbons (Fsp3) is 0.308. The van der Waals surface area contributed by atoms with Gasteiger partial charge in [-0.05, 0) is 50.6 Å². The van der Waals surface area contributed by atoms with Gasteiger partial charge in [-0.3, -0.25) is 10.1 Å². The lowest BCUT2D eigenvalue weighted by molar-refractivity contribution is 0.0636. The third-order valence-corrected chi connectivity index (χ3v) is 3.38. The first-order chi connectivity index (χ1) is 9.24. The van der Waals surface area contributed by atoms with Crippen LogP contribution in [0.4, 0.5) is 9.93 Å². The maximum atomic E-state index is 11.6. The van der Waals surface area contributed by atoms with E-state index in [1.54, 1.807) is 39.0 Å². The summed E-state index contributed by atoms with van der Waals surface area (Å²) in [5, 5.41) is 2.45. The highest BCUT2D eigenvalue weighted by molar-refractivity contribution is 7.22. The van der Waals surface area contributed by atoms with Crippen LogP contribution in [0.5, 0.6) is 0 Å². The van der Waals surface area contributed by atoms with Gasteiger partial charge < -0.3 is 4.74 Å². The van der Waals surface area contributed by atoms with Crippen LogP contribution in [0.15, 0.2) is 18.2 Å². The molecule has 1 aromatic carbocycles. The molecule has 0 saturated carbocycles. The van der Waals surface area contributed by atoms with Gasteiger partial charge >= 0.3 is 6.09 Å². The minimum atomic E-state index is -0.570. The predicted octanol–water partition coefficient (Wildman–Crippen LogP) is 4.02. The second kappa shape index (κ2) is 5.38. The van der Waals surface area contributed by atoms with Gasteiger partial charge in [0, 0.05) is 5.56 Å². The molecule has 0 fully saturated rings. The number of carbonyl (C=O) groups is 2. The summed E-state index contributed by atoms with van der Waals surface area (Å²) in [4.78, 5) is 27.0. The molecule has 0 aliphatic heterocycles. The van der Waals surface area contributed by atoms with E-state index in [4.69, 9.17) is 16.3 Å². The summed E-state index contributed by atoms with van der Waals surface area (Å²) in [6.07, 6.45) is -0.565. The Morgan fingerprint density at radius 1 is 1.35 bits per heavy atom. The molecule has 7 heteroatoms. The molecule has 106 valence electrons. The maximum absolute atomic E-state index is 11.6. The molecule has 1 aromatic heterocycles. The van der Waals surface area contributed by atoms with Crippen molar-refractivity contribution in [2.75, 3.05) is 5.32 Å². The first-order valence-corrected chi connectivity index (χ1v) is 7.04. The van der Waals surface area contributed by atoms with E-state index in [2.05, 4.69) is 10.3 Å². The van der Waals surface area contributed by atoms with Crippen LogP contribution in [0.2, 0.25) is 0 Å². The molecular weight excluding hydrogens is 300 g/mol. The van der Waals surface area contributed by atoms with E-state index in [0.717, 1.165) is 4.70 Å². The van der Waals surface area contributed by atoms with E-state index in [-0.39, 0.29) is 0 Å². The molecular formula is C13H13ClN2O3S. The highest BCUT2D eigenvalue weighted by atomic mass is 35.5. The average molecular weight is 313 g/mol. The van der Waals surface area contributed by atoms with Crippen LogP contribution in [0.25, 0.3) is 10.2 Å². The first-order valence-electron chi connectivity index (χ1n) is 5.85. The zero-order chi connectivity index (χ0) is 14.9. The van der Waals surface area contributed by atoms with Gasteiger partial charge in [-0.25, -0.2) is 9.78 Å². The Morgan fingerprint density at radius 2 is 2.05 bits per heavy atom. The Morgan fingerprint density at radius 3 is 2.65 bits per heavy atom. The van der Waals surface area contributed by atoms with Crippen LogP contribution >= 0.6 is 22.9 Å². The Kier molecular flexibility index (Phi) is 3.96. The van der Waals surface area contributed by atoms with Crippen molar-refractivity contribution < 1.29 is 14.3 Å². The lowest BCUT2D eigenvalue weighted by Crippen LogP contribution is -2.27. The van der Waals surface area contributed by atoms with Crippen molar-refractivity contribution in [1.29, 1.82) is 0 Å². The molecule has 2 aromatic rings. The maximum Gasteiger partial charge on any atom is 0.413 e. The molecule has 1 amide bonds. The average Bonchev–Trinajstić information content (AvgIpc) is 2.66. The lowest BCUT2D eigenvalue weighted by atomic mass is 10.2. The highest BCUT2D eigenvalue weighted by Gasteiger charge is 2.17. The molecule has 2 rings (SSSR count). The monoisotopic (exact) mass is 312 g/mol. The van der Waals surface area contributed by atoms with Crippen molar-refractivity contribution >= 4 is 49.6 Å². The summed E-state index contributed by atoms with van der Waals surface area (Å²) in [5.74, 6) is 0. The summed E-state index contributed by atoms with van der Waals surface area (Å²) in [6.45, 7) is 5.34. The number of nitrogens with one attached hydrogen (secondary N) is 1. The number of rotatable bonds is 2. The molecule has 0 spiro atoms. The summed E-state index contributed by atoms with van der Waals surface area (Å²) < 4.78 is 5.91. The minimum absolute atomic E-state index is 0.395. The summed E-state index contributed by atoms with van der Waals surface area (Å²) in [6, 6.07) is 4.92. The zero-order valence-corrected chi connectivity index (χ0v) is 12.8. The molecule has 0 aliphatic carbocycles. The normalized spacial score (nSPS) is 11.4. The predicted molar refractivity (Wildman–Crippen MR) is 79.7 cm³/mol. The molecule has 20 heavy (non-hydrogen) atoms. The number of halogens is 1. The quantitative estimate of drug-likeness (QED) is 0.850.